The average Bonchev–Trinajstić information content (AvgIpc) is 2.75. The maximum absolute atomic E-state index is 12.9. The lowest BCUT2D eigenvalue weighted by atomic mass is 10.2. The van der Waals surface area contributed by atoms with Crippen molar-refractivity contribution in [3.8, 4) is 6.07 Å². The second-order valence-corrected chi connectivity index (χ2v) is 9.61. The monoisotopic (exact) mass is 491 g/mol. The summed E-state index contributed by atoms with van der Waals surface area (Å²) in [5.74, 6) is -0.243. The number of amides is 1. The van der Waals surface area contributed by atoms with Crippen molar-refractivity contribution < 1.29 is 13.2 Å². The van der Waals surface area contributed by atoms with Crippen molar-refractivity contribution in [3.05, 3.63) is 82.3 Å². The highest BCUT2D eigenvalue weighted by atomic mass is 35.5. The van der Waals surface area contributed by atoms with Crippen molar-refractivity contribution in [3.63, 3.8) is 0 Å². The Morgan fingerprint density at radius 3 is 2.45 bits per heavy atom. The third-order valence-electron chi connectivity index (χ3n) is 4.02. The minimum Gasteiger partial charge on any atom is -0.322 e. The third kappa shape index (κ3) is 5.71. The molecule has 158 valence electrons. The van der Waals surface area contributed by atoms with Crippen LogP contribution >= 0.6 is 35.0 Å². The van der Waals surface area contributed by atoms with Gasteiger partial charge in [-0.1, -0.05) is 47.5 Å². The summed E-state index contributed by atoms with van der Waals surface area (Å²) in [6.45, 7) is 0. The van der Waals surface area contributed by atoms with Gasteiger partial charge in [0.1, 0.15) is 4.90 Å². The molecule has 0 spiro atoms. The van der Waals surface area contributed by atoms with Crippen LogP contribution in [0.5, 0.6) is 0 Å². The van der Waals surface area contributed by atoms with E-state index in [0.717, 1.165) is 0 Å². The molecule has 0 aliphatic carbocycles. The number of sulfonamides is 1. The molecule has 0 radical (unpaired) electrons. The van der Waals surface area contributed by atoms with Gasteiger partial charge in [0.25, 0.3) is 15.9 Å². The van der Waals surface area contributed by atoms with Gasteiger partial charge < -0.3 is 5.32 Å². The molecule has 0 bridgehead atoms. The maximum atomic E-state index is 12.9. The molecule has 0 fully saturated rings. The number of halogens is 2. The third-order valence-corrected chi connectivity index (χ3v) is 7.14. The number of rotatable bonds is 7. The molecule has 0 unspecified atom stereocenters. The second kappa shape index (κ2) is 10.1. The average molecular weight is 492 g/mol. The van der Waals surface area contributed by atoms with E-state index < -0.39 is 15.9 Å². The topological polar surface area (TPSA) is 99.1 Å². The zero-order chi connectivity index (χ0) is 22.4. The SMILES string of the molecule is N#CCSc1ccccc1C(=O)Nc1ccc(Cl)c(S(=O)(=O)Nc2ccccc2Cl)c1. The summed E-state index contributed by atoms with van der Waals surface area (Å²) in [6.07, 6.45) is 0. The molecule has 0 saturated heterocycles. The highest BCUT2D eigenvalue weighted by molar-refractivity contribution is 7.99. The summed E-state index contributed by atoms with van der Waals surface area (Å²) < 4.78 is 28.1. The van der Waals surface area contributed by atoms with E-state index in [1.807, 2.05) is 6.07 Å². The number of benzene rings is 3. The lowest BCUT2D eigenvalue weighted by Gasteiger charge is -2.13. The van der Waals surface area contributed by atoms with Gasteiger partial charge in [-0.15, -0.1) is 11.8 Å². The molecule has 3 aromatic carbocycles. The molecule has 0 aliphatic rings. The molecule has 1 amide bonds. The first-order valence-corrected chi connectivity index (χ1v) is 12.0. The normalized spacial score (nSPS) is 10.9. The molecular formula is C21H15Cl2N3O3S2. The molecule has 6 nitrogen and oxygen atoms in total. The summed E-state index contributed by atoms with van der Waals surface area (Å²) in [5.41, 5.74) is 0.823. The number of hydrogen-bond donors (Lipinski definition) is 2. The standard InChI is InChI=1S/C21H15Cl2N3O3S2/c22-16-6-2-3-7-18(16)26-31(28,29)20-13-14(9-10-17(20)23)25-21(27)15-5-1-4-8-19(15)30-12-11-24/h1-10,13,26H,12H2,(H,25,27). The molecule has 0 saturated carbocycles. The van der Waals surface area contributed by atoms with Crippen LogP contribution in [0.1, 0.15) is 10.4 Å². The highest BCUT2D eigenvalue weighted by Crippen LogP contribution is 2.30. The zero-order valence-electron chi connectivity index (χ0n) is 15.8. The van der Waals surface area contributed by atoms with Crippen LogP contribution in [-0.4, -0.2) is 20.1 Å². The molecular weight excluding hydrogens is 477 g/mol. The number of carbonyl (C=O) groups excluding carboxylic acids is 1. The Hall–Kier alpha value is -2.70. The molecule has 3 aromatic rings. The molecule has 2 N–H and O–H groups in total. The Labute approximate surface area is 194 Å². The summed E-state index contributed by atoms with van der Waals surface area (Å²) in [5, 5.41) is 11.7. The largest absolute Gasteiger partial charge is 0.322 e. The van der Waals surface area contributed by atoms with Crippen LogP contribution in [0.4, 0.5) is 11.4 Å². The predicted octanol–water partition coefficient (Wildman–Crippen LogP) is 5.66. The predicted molar refractivity (Wildman–Crippen MR) is 124 cm³/mol. The molecule has 0 aromatic heterocycles. The lowest BCUT2D eigenvalue weighted by molar-refractivity contribution is 0.102. The van der Waals surface area contributed by atoms with Crippen molar-refractivity contribution in [2.24, 2.45) is 0 Å². The van der Waals surface area contributed by atoms with Crippen LogP contribution in [0.3, 0.4) is 0 Å². The van der Waals surface area contributed by atoms with Gasteiger partial charge in [0, 0.05) is 10.6 Å². The van der Waals surface area contributed by atoms with Crippen molar-refractivity contribution in [1.82, 2.24) is 0 Å². The van der Waals surface area contributed by atoms with E-state index in [4.69, 9.17) is 28.5 Å². The van der Waals surface area contributed by atoms with E-state index in [9.17, 15) is 13.2 Å². The number of thioether (sulfide) groups is 1. The van der Waals surface area contributed by atoms with Crippen LogP contribution in [0.15, 0.2) is 76.5 Å². The Bertz CT molecular complexity index is 1270. The summed E-state index contributed by atoms with van der Waals surface area (Å²) in [6, 6.07) is 19.4. The minimum absolute atomic E-state index is 0.0115. The number of anilines is 2. The van der Waals surface area contributed by atoms with Gasteiger partial charge in [-0.25, -0.2) is 8.42 Å². The molecule has 3 rings (SSSR count). The van der Waals surface area contributed by atoms with Gasteiger partial charge >= 0.3 is 0 Å². The van der Waals surface area contributed by atoms with Crippen LogP contribution in [0.2, 0.25) is 10.0 Å². The molecule has 0 aliphatic heterocycles. The van der Waals surface area contributed by atoms with Crippen molar-refractivity contribution >= 4 is 62.3 Å². The fraction of sp³-hybridized carbons (Fsp3) is 0.0476. The summed E-state index contributed by atoms with van der Waals surface area (Å²) in [4.78, 5) is 13.2. The van der Waals surface area contributed by atoms with Crippen LogP contribution in [0, 0.1) is 11.3 Å². The van der Waals surface area contributed by atoms with Gasteiger partial charge in [0.2, 0.25) is 0 Å². The van der Waals surface area contributed by atoms with Crippen molar-refractivity contribution in [2.75, 3.05) is 15.8 Å². The van der Waals surface area contributed by atoms with Crippen molar-refractivity contribution in [2.45, 2.75) is 9.79 Å². The molecule has 10 heteroatoms. The van der Waals surface area contributed by atoms with E-state index in [-0.39, 0.29) is 32.1 Å². The first-order chi connectivity index (χ1) is 14.8. The zero-order valence-corrected chi connectivity index (χ0v) is 18.9. The summed E-state index contributed by atoms with van der Waals surface area (Å²) >= 11 is 13.4. The molecule has 0 heterocycles. The van der Waals surface area contributed by atoms with Gasteiger partial charge in [0.15, 0.2) is 0 Å². The van der Waals surface area contributed by atoms with E-state index >= 15 is 0 Å². The Morgan fingerprint density at radius 2 is 1.71 bits per heavy atom. The number of hydrogen-bond acceptors (Lipinski definition) is 5. The van der Waals surface area contributed by atoms with E-state index in [1.165, 1.54) is 36.0 Å². The maximum Gasteiger partial charge on any atom is 0.263 e. The van der Waals surface area contributed by atoms with Gasteiger partial charge in [-0.05, 0) is 42.5 Å². The van der Waals surface area contributed by atoms with E-state index in [0.29, 0.717) is 10.5 Å². The summed E-state index contributed by atoms with van der Waals surface area (Å²) in [7, 11) is -4.07. The lowest BCUT2D eigenvalue weighted by Crippen LogP contribution is -2.16. The quantitative estimate of drug-likeness (QED) is 0.415. The number of nitrogens with one attached hydrogen (secondary N) is 2. The van der Waals surface area contributed by atoms with Gasteiger partial charge in [-0.2, -0.15) is 5.26 Å². The van der Waals surface area contributed by atoms with Gasteiger partial charge in [-0.3, -0.25) is 9.52 Å². The molecule has 0 atom stereocenters. The Kier molecular flexibility index (Phi) is 7.46. The highest BCUT2D eigenvalue weighted by Gasteiger charge is 2.21. The van der Waals surface area contributed by atoms with Crippen LogP contribution in [0.25, 0.3) is 0 Å². The number of carbonyl (C=O) groups is 1. The van der Waals surface area contributed by atoms with Crippen molar-refractivity contribution in [1.29, 1.82) is 5.26 Å². The second-order valence-electron chi connectivity index (χ2n) is 6.13. The Balaban J connectivity index is 1.87. The first-order valence-electron chi connectivity index (χ1n) is 8.79. The number of nitriles is 1. The number of nitrogens with zero attached hydrogens (tertiary/aromatic N) is 1. The van der Waals surface area contributed by atoms with Crippen LogP contribution < -0.4 is 10.0 Å². The minimum atomic E-state index is -4.07. The van der Waals surface area contributed by atoms with Gasteiger partial charge in [0.05, 0.1) is 33.1 Å². The van der Waals surface area contributed by atoms with E-state index in [1.54, 1.807) is 42.5 Å². The van der Waals surface area contributed by atoms with E-state index in [2.05, 4.69) is 10.0 Å². The smallest absolute Gasteiger partial charge is 0.263 e. The number of para-hydroxylation sites is 1. The first kappa shape index (κ1) is 23.0. The van der Waals surface area contributed by atoms with Crippen LogP contribution in [-0.2, 0) is 10.0 Å². The fourth-order valence-corrected chi connectivity index (χ4v) is 5.18. The Morgan fingerprint density at radius 1 is 1.00 bits per heavy atom. The molecule has 31 heavy (non-hydrogen) atoms. The fourth-order valence-electron chi connectivity index (χ4n) is 2.62.